The van der Waals surface area contributed by atoms with Gasteiger partial charge in [-0.15, -0.1) is 10.2 Å². The van der Waals surface area contributed by atoms with Crippen LogP contribution >= 0.6 is 0 Å². The highest BCUT2D eigenvalue weighted by Gasteiger charge is 2.13. The number of rotatable bonds is 4. The van der Waals surface area contributed by atoms with E-state index in [0.29, 0.717) is 23.7 Å². The number of nitrogens with zero attached hydrogens (tertiary/aromatic N) is 5. The van der Waals surface area contributed by atoms with Crippen LogP contribution < -0.4 is 4.74 Å². The summed E-state index contributed by atoms with van der Waals surface area (Å²) in [6, 6.07) is 7.09. The maximum Gasteiger partial charge on any atom is 0.233 e. The van der Waals surface area contributed by atoms with Gasteiger partial charge in [-0.3, -0.25) is 4.79 Å². The van der Waals surface area contributed by atoms with Crippen molar-refractivity contribution in [3.05, 3.63) is 42.4 Å². The van der Waals surface area contributed by atoms with Crippen LogP contribution in [0.3, 0.4) is 0 Å². The van der Waals surface area contributed by atoms with Crippen LogP contribution in [-0.2, 0) is 7.05 Å². The lowest BCUT2D eigenvalue weighted by Crippen LogP contribution is -2.04. The molecule has 0 atom stereocenters. The number of aromatic nitrogens is 5. The van der Waals surface area contributed by atoms with Gasteiger partial charge in [0.1, 0.15) is 5.69 Å². The van der Waals surface area contributed by atoms with E-state index in [2.05, 4.69) is 15.3 Å². The van der Waals surface area contributed by atoms with Gasteiger partial charge in [0.25, 0.3) is 0 Å². The molecule has 0 aliphatic rings. The first-order valence-electron chi connectivity index (χ1n) is 6.27. The van der Waals surface area contributed by atoms with Crippen molar-refractivity contribution in [3.8, 4) is 23.0 Å². The van der Waals surface area contributed by atoms with Crippen molar-refractivity contribution in [2.24, 2.45) is 7.05 Å². The molecule has 3 aromatic rings. The molecule has 0 spiro atoms. The topological polar surface area (TPSA) is 74.8 Å². The zero-order valence-electron chi connectivity index (χ0n) is 11.6. The number of aldehydes is 1. The Morgan fingerprint density at radius 1 is 1.24 bits per heavy atom. The van der Waals surface area contributed by atoms with E-state index in [1.165, 1.54) is 7.11 Å². The number of hydrogen-bond acceptors (Lipinski definition) is 5. The average Bonchev–Trinajstić information content (AvgIpc) is 3.13. The largest absolute Gasteiger partial charge is 0.480 e. The third kappa shape index (κ3) is 2.40. The summed E-state index contributed by atoms with van der Waals surface area (Å²) in [6.07, 6.45) is 4.58. The quantitative estimate of drug-likeness (QED) is 0.678. The standard InChI is InChI=1S/C14H13N5O2/c1-18-6-5-10(8-18)12-7-11(9-20)17-19(12)13-3-4-14(21-2)16-15-13/h3-9H,1-2H3. The highest BCUT2D eigenvalue weighted by atomic mass is 16.5. The number of hydrogen-bond donors (Lipinski definition) is 0. The molecule has 3 aromatic heterocycles. The van der Waals surface area contributed by atoms with Gasteiger partial charge in [0.05, 0.1) is 12.8 Å². The van der Waals surface area contributed by atoms with Gasteiger partial charge in [-0.25, -0.2) is 4.68 Å². The average molecular weight is 283 g/mol. The Morgan fingerprint density at radius 3 is 2.67 bits per heavy atom. The lowest BCUT2D eigenvalue weighted by Gasteiger charge is -2.05. The van der Waals surface area contributed by atoms with Crippen molar-refractivity contribution < 1.29 is 9.53 Å². The van der Waals surface area contributed by atoms with Gasteiger partial charge in [0.2, 0.25) is 5.88 Å². The molecule has 0 unspecified atom stereocenters. The molecule has 0 N–H and O–H groups in total. The Bertz CT molecular complexity index is 773. The van der Waals surface area contributed by atoms with Gasteiger partial charge >= 0.3 is 0 Å². The molecule has 3 rings (SSSR count). The number of carbonyl (C=O) groups excluding carboxylic acids is 1. The number of carbonyl (C=O) groups is 1. The lowest BCUT2D eigenvalue weighted by molar-refractivity contribution is 0.111. The molecule has 0 radical (unpaired) electrons. The van der Waals surface area contributed by atoms with Crippen molar-refractivity contribution in [2.75, 3.05) is 7.11 Å². The monoisotopic (exact) mass is 283 g/mol. The normalized spacial score (nSPS) is 10.6. The fourth-order valence-electron chi connectivity index (χ4n) is 2.03. The van der Waals surface area contributed by atoms with Crippen molar-refractivity contribution in [1.82, 2.24) is 24.5 Å². The molecule has 0 saturated heterocycles. The summed E-state index contributed by atoms with van der Waals surface area (Å²) in [6.45, 7) is 0. The predicted molar refractivity (Wildman–Crippen MR) is 75.5 cm³/mol. The smallest absolute Gasteiger partial charge is 0.233 e. The zero-order chi connectivity index (χ0) is 14.8. The molecule has 3 heterocycles. The van der Waals surface area contributed by atoms with Crippen LogP contribution in [0, 0.1) is 0 Å². The first-order chi connectivity index (χ1) is 10.2. The number of aryl methyl sites for hydroxylation is 1. The summed E-state index contributed by atoms with van der Waals surface area (Å²) in [5, 5.41) is 12.2. The molecule has 7 nitrogen and oxygen atoms in total. The lowest BCUT2D eigenvalue weighted by atomic mass is 10.2. The maximum absolute atomic E-state index is 11.0. The highest BCUT2D eigenvalue weighted by molar-refractivity contribution is 5.76. The van der Waals surface area contributed by atoms with Crippen LogP contribution in [0.5, 0.6) is 5.88 Å². The number of methoxy groups -OCH3 is 1. The Morgan fingerprint density at radius 2 is 2.10 bits per heavy atom. The summed E-state index contributed by atoms with van der Waals surface area (Å²) in [7, 11) is 3.45. The van der Waals surface area contributed by atoms with Crippen molar-refractivity contribution >= 4 is 6.29 Å². The van der Waals surface area contributed by atoms with Crippen LogP contribution in [0.15, 0.2) is 36.7 Å². The zero-order valence-corrected chi connectivity index (χ0v) is 11.6. The van der Waals surface area contributed by atoms with Gasteiger partial charge in [0.15, 0.2) is 12.1 Å². The minimum absolute atomic E-state index is 0.339. The molecular weight excluding hydrogens is 270 g/mol. The first kappa shape index (κ1) is 13.0. The second-order valence-electron chi connectivity index (χ2n) is 4.48. The Labute approximate surface area is 120 Å². The van der Waals surface area contributed by atoms with Gasteiger partial charge in [0, 0.05) is 31.1 Å². The second-order valence-corrected chi connectivity index (χ2v) is 4.48. The molecule has 0 aromatic carbocycles. The molecule has 0 aliphatic carbocycles. The summed E-state index contributed by atoms with van der Waals surface area (Å²) in [5.41, 5.74) is 2.05. The summed E-state index contributed by atoms with van der Waals surface area (Å²) in [4.78, 5) is 11.0. The molecule has 0 aliphatic heterocycles. The number of ether oxygens (including phenoxy) is 1. The fourth-order valence-corrected chi connectivity index (χ4v) is 2.03. The Kier molecular flexibility index (Phi) is 3.23. The Hall–Kier alpha value is -2.96. The van der Waals surface area contributed by atoms with Crippen LogP contribution in [0.25, 0.3) is 17.1 Å². The van der Waals surface area contributed by atoms with Crippen molar-refractivity contribution in [2.45, 2.75) is 0 Å². The van der Waals surface area contributed by atoms with Gasteiger partial charge in [-0.2, -0.15) is 5.10 Å². The molecular formula is C14H13N5O2. The predicted octanol–water partition coefficient (Wildman–Crippen LogP) is 1.49. The summed E-state index contributed by atoms with van der Waals surface area (Å²) in [5.74, 6) is 0.936. The minimum Gasteiger partial charge on any atom is -0.480 e. The van der Waals surface area contributed by atoms with Crippen molar-refractivity contribution in [1.29, 1.82) is 0 Å². The molecule has 7 heteroatoms. The van der Waals surface area contributed by atoms with E-state index in [-0.39, 0.29) is 0 Å². The molecule has 21 heavy (non-hydrogen) atoms. The van der Waals surface area contributed by atoms with E-state index in [0.717, 1.165) is 11.3 Å². The molecule has 0 bridgehead atoms. The molecule has 0 amide bonds. The van der Waals surface area contributed by atoms with E-state index in [1.807, 2.05) is 30.1 Å². The van der Waals surface area contributed by atoms with Gasteiger partial charge in [-0.1, -0.05) is 0 Å². The van der Waals surface area contributed by atoms with Gasteiger partial charge < -0.3 is 9.30 Å². The first-order valence-corrected chi connectivity index (χ1v) is 6.27. The van der Waals surface area contributed by atoms with Crippen LogP contribution in [0.2, 0.25) is 0 Å². The Balaban J connectivity index is 2.12. The van der Waals surface area contributed by atoms with Crippen LogP contribution in [0.1, 0.15) is 10.5 Å². The molecule has 106 valence electrons. The third-order valence-corrected chi connectivity index (χ3v) is 3.03. The molecule has 0 saturated carbocycles. The molecule has 0 fully saturated rings. The van der Waals surface area contributed by atoms with E-state index in [4.69, 9.17) is 4.74 Å². The SMILES string of the molecule is COc1ccc(-n2nc(C=O)cc2-c2ccn(C)c2)nn1. The van der Waals surface area contributed by atoms with Crippen LogP contribution in [-0.4, -0.2) is 37.9 Å². The highest BCUT2D eigenvalue weighted by Crippen LogP contribution is 2.23. The minimum atomic E-state index is 0.339. The van der Waals surface area contributed by atoms with Gasteiger partial charge in [-0.05, 0) is 18.2 Å². The summed E-state index contributed by atoms with van der Waals surface area (Å²) >= 11 is 0. The van der Waals surface area contributed by atoms with E-state index in [1.54, 1.807) is 22.9 Å². The second kappa shape index (κ2) is 5.20. The maximum atomic E-state index is 11.0. The third-order valence-electron chi connectivity index (χ3n) is 3.03. The van der Waals surface area contributed by atoms with Crippen molar-refractivity contribution in [3.63, 3.8) is 0 Å². The fraction of sp³-hybridized carbons (Fsp3) is 0.143. The van der Waals surface area contributed by atoms with Crippen LogP contribution in [0.4, 0.5) is 0 Å². The van der Waals surface area contributed by atoms with E-state index < -0.39 is 0 Å². The van der Waals surface area contributed by atoms with E-state index >= 15 is 0 Å². The van der Waals surface area contributed by atoms with E-state index in [9.17, 15) is 4.79 Å². The summed E-state index contributed by atoms with van der Waals surface area (Å²) < 4.78 is 8.50.